The van der Waals surface area contributed by atoms with E-state index in [0.29, 0.717) is 6.54 Å². The molecule has 0 atom stereocenters. The van der Waals surface area contributed by atoms with Crippen LogP contribution in [0.2, 0.25) is 0 Å². The largest absolute Gasteiger partial charge is 0.481 e. The van der Waals surface area contributed by atoms with E-state index in [1.165, 1.54) is 38.5 Å². The summed E-state index contributed by atoms with van der Waals surface area (Å²) in [4.78, 5) is 12.6. The number of nitrogens with zero attached hydrogens (tertiary/aromatic N) is 1. The van der Waals surface area contributed by atoms with Crippen molar-refractivity contribution in [3.05, 3.63) is 0 Å². The monoisotopic (exact) mass is 213 g/mol. The number of carboxylic acid groups (broad SMARTS) is 1. The van der Waals surface area contributed by atoms with E-state index in [1.54, 1.807) is 0 Å². The van der Waals surface area contributed by atoms with E-state index in [2.05, 4.69) is 4.90 Å². The molecule has 1 rings (SSSR count). The van der Waals surface area contributed by atoms with Crippen LogP contribution in [-0.2, 0) is 4.79 Å². The standard InChI is InChI=1S/C12H23NO2/c1-13(9-8-12(14)15)10-11-6-4-2-3-5-7-11/h11H,2-10H2,1H3,(H,14,15). The van der Waals surface area contributed by atoms with Crippen molar-refractivity contribution in [2.24, 2.45) is 5.92 Å². The predicted molar refractivity (Wildman–Crippen MR) is 60.9 cm³/mol. The van der Waals surface area contributed by atoms with Crippen LogP contribution in [0.3, 0.4) is 0 Å². The van der Waals surface area contributed by atoms with Crippen molar-refractivity contribution in [1.29, 1.82) is 0 Å². The van der Waals surface area contributed by atoms with E-state index in [4.69, 9.17) is 5.11 Å². The van der Waals surface area contributed by atoms with Crippen molar-refractivity contribution in [2.45, 2.75) is 44.9 Å². The predicted octanol–water partition coefficient (Wildman–Crippen LogP) is 2.36. The first-order valence-corrected chi connectivity index (χ1v) is 6.09. The molecular formula is C12H23NO2. The molecule has 0 heterocycles. The zero-order valence-corrected chi connectivity index (χ0v) is 9.74. The second kappa shape index (κ2) is 6.83. The molecule has 15 heavy (non-hydrogen) atoms. The van der Waals surface area contributed by atoms with Gasteiger partial charge >= 0.3 is 5.97 Å². The van der Waals surface area contributed by atoms with E-state index in [-0.39, 0.29) is 6.42 Å². The molecule has 0 aliphatic heterocycles. The summed E-state index contributed by atoms with van der Waals surface area (Å²) in [5.74, 6) is 0.106. The lowest BCUT2D eigenvalue weighted by Gasteiger charge is -2.22. The Morgan fingerprint density at radius 3 is 2.40 bits per heavy atom. The first kappa shape index (κ1) is 12.5. The van der Waals surface area contributed by atoms with Crippen molar-refractivity contribution in [2.75, 3.05) is 20.1 Å². The third-order valence-corrected chi connectivity index (χ3v) is 3.25. The van der Waals surface area contributed by atoms with Crippen LogP contribution >= 0.6 is 0 Å². The fraction of sp³-hybridized carbons (Fsp3) is 0.917. The zero-order chi connectivity index (χ0) is 11.1. The van der Waals surface area contributed by atoms with Gasteiger partial charge in [0.05, 0.1) is 6.42 Å². The summed E-state index contributed by atoms with van der Waals surface area (Å²) in [6.07, 6.45) is 8.41. The van der Waals surface area contributed by atoms with Gasteiger partial charge in [-0.2, -0.15) is 0 Å². The number of rotatable bonds is 5. The lowest BCUT2D eigenvalue weighted by molar-refractivity contribution is -0.137. The summed E-state index contributed by atoms with van der Waals surface area (Å²) in [5, 5.41) is 8.59. The molecule has 1 aliphatic rings. The molecule has 1 fully saturated rings. The smallest absolute Gasteiger partial charge is 0.304 e. The van der Waals surface area contributed by atoms with Crippen LogP contribution in [0.15, 0.2) is 0 Å². The fourth-order valence-corrected chi connectivity index (χ4v) is 2.37. The van der Waals surface area contributed by atoms with E-state index in [9.17, 15) is 4.79 Å². The maximum absolute atomic E-state index is 10.4. The normalized spacial score (nSPS) is 19.1. The van der Waals surface area contributed by atoms with Crippen LogP contribution in [0.1, 0.15) is 44.9 Å². The van der Waals surface area contributed by atoms with Gasteiger partial charge in [0.2, 0.25) is 0 Å². The average molecular weight is 213 g/mol. The Bertz CT molecular complexity index is 186. The Labute approximate surface area is 92.5 Å². The minimum atomic E-state index is -0.692. The van der Waals surface area contributed by atoms with E-state index < -0.39 is 5.97 Å². The van der Waals surface area contributed by atoms with Gasteiger partial charge in [-0.05, 0) is 25.8 Å². The molecule has 1 N–H and O–H groups in total. The molecule has 1 saturated carbocycles. The van der Waals surface area contributed by atoms with Gasteiger partial charge in [0, 0.05) is 13.1 Å². The molecule has 0 radical (unpaired) electrons. The molecule has 0 spiro atoms. The summed E-state index contributed by atoms with van der Waals surface area (Å²) in [6.45, 7) is 1.76. The molecule has 0 saturated heterocycles. The van der Waals surface area contributed by atoms with Crippen molar-refractivity contribution >= 4 is 5.97 Å². The molecular weight excluding hydrogens is 190 g/mol. The van der Waals surface area contributed by atoms with Gasteiger partial charge in [-0.25, -0.2) is 0 Å². The van der Waals surface area contributed by atoms with Crippen LogP contribution in [0.25, 0.3) is 0 Å². The van der Waals surface area contributed by atoms with Gasteiger partial charge in [-0.15, -0.1) is 0 Å². The highest BCUT2D eigenvalue weighted by Gasteiger charge is 2.14. The Morgan fingerprint density at radius 1 is 1.27 bits per heavy atom. The van der Waals surface area contributed by atoms with Crippen LogP contribution < -0.4 is 0 Å². The van der Waals surface area contributed by atoms with E-state index >= 15 is 0 Å². The van der Waals surface area contributed by atoms with Crippen LogP contribution in [0.5, 0.6) is 0 Å². The van der Waals surface area contributed by atoms with Gasteiger partial charge in [0.1, 0.15) is 0 Å². The van der Waals surface area contributed by atoms with Gasteiger partial charge in [-0.1, -0.05) is 25.7 Å². The third-order valence-electron chi connectivity index (χ3n) is 3.25. The summed E-state index contributed by atoms with van der Waals surface area (Å²) < 4.78 is 0. The van der Waals surface area contributed by atoms with Crippen LogP contribution in [0.4, 0.5) is 0 Å². The van der Waals surface area contributed by atoms with Crippen molar-refractivity contribution in [1.82, 2.24) is 4.90 Å². The van der Waals surface area contributed by atoms with Crippen LogP contribution in [0, 0.1) is 5.92 Å². The number of aliphatic carboxylic acids is 1. The van der Waals surface area contributed by atoms with Gasteiger partial charge in [-0.3, -0.25) is 4.79 Å². The summed E-state index contributed by atoms with van der Waals surface area (Å²) in [7, 11) is 2.04. The molecule has 3 nitrogen and oxygen atoms in total. The molecule has 0 aromatic heterocycles. The van der Waals surface area contributed by atoms with Crippen molar-refractivity contribution in [3.8, 4) is 0 Å². The second-order valence-corrected chi connectivity index (χ2v) is 4.76. The lowest BCUT2D eigenvalue weighted by atomic mass is 10.00. The minimum Gasteiger partial charge on any atom is -0.481 e. The number of carbonyl (C=O) groups is 1. The Balaban J connectivity index is 2.17. The fourth-order valence-electron chi connectivity index (χ4n) is 2.37. The van der Waals surface area contributed by atoms with E-state index in [1.807, 2.05) is 7.05 Å². The highest BCUT2D eigenvalue weighted by atomic mass is 16.4. The summed E-state index contributed by atoms with van der Waals surface area (Å²) >= 11 is 0. The summed E-state index contributed by atoms with van der Waals surface area (Å²) in [6, 6.07) is 0. The SMILES string of the molecule is CN(CCC(=O)O)CC1CCCCCC1. The van der Waals surface area contributed by atoms with Crippen molar-refractivity contribution < 1.29 is 9.90 Å². The number of hydrogen-bond donors (Lipinski definition) is 1. The second-order valence-electron chi connectivity index (χ2n) is 4.76. The van der Waals surface area contributed by atoms with E-state index in [0.717, 1.165) is 12.5 Å². The number of hydrogen-bond acceptors (Lipinski definition) is 2. The van der Waals surface area contributed by atoms with Gasteiger partial charge in [0.15, 0.2) is 0 Å². The molecule has 1 aliphatic carbocycles. The molecule has 0 aromatic rings. The van der Waals surface area contributed by atoms with Crippen molar-refractivity contribution in [3.63, 3.8) is 0 Å². The molecule has 0 amide bonds. The molecule has 0 unspecified atom stereocenters. The maximum atomic E-state index is 10.4. The Kier molecular flexibility index (Phi) is 5.69. The molecule has 88 valence electrons. The molecule has 0 bridgehead atoms. The first-order valence-electron chi connectivity index (χ1n) is 6.09. The topological polar surface area (TPSA) is 40.5 Å². The Hall–Kier alpha value is -0.570. The first-order chi connectivity index (χ1) is 7.18. The molecule has 3 heteroatoms. The summed E-state index contributed by atoms with van der Waals surface area (Å²) in [5.41, 5.74) is 0. The molecule has 0 aromatic carbocycles. The highest BCUT2D eigenvalue weighted by Crippen LogP contribution is 2.23. The quantitative estimate of drug-likeness (QED) is 0.713. The lowest BCUT2D eigenvalue weighted by Crippen LogP contribution is -2.27. The zero-order valence-electron chi connectivity index (χ0n) is 9.74. The third kappa shape index (κ3) is 5.78. The number of carboxylic acids is 1. The highest BCUT2D eigenvalue weighted by molar-refractivity contribution is 5.66. The minimum absolute atomic E-state index is 0.267. The van der Waals surface area contributed by atoms with Gasteiger partial charge in [0.25, 0.3) is 0 Å². The van der Waals surface area contributed by atoms with Crippen LogP contribution in [-0.4, -0.2) is 36.1 Å². The van der Waals surface area contributed by atoms with Gasteiger partial charge < -0.3 is 10.0 Å². The average Bonchev–Trinajstić information content (AvgIpc) is 2.43. The maximum Gasteiger partial charge on any atom is 0.304 e. The Morgan fingerprint density at radius 2 is 1.87 bits per heavy atom.